The van der Waals surface area contributed by atoms with Crippen molar-refractivity contribution in [3.63, 3.8) is 0 Å². The van der Waals surface area contributed by atoms with Gasteiger partial charge in [0.05, 0.1) is 11.1 Å². The number of nitrogens with two attached hydrogens (primary N) is 1. The number of carbonyl (C=O) groups excluding carboxylic acids is 4. The minimum Gasteiger partial charge on any atom is -0.361 e. The number of amides is 4. The molecule has 0 aliphatic carbocycles. The Morgan fingerprint density at radius 3 is 1.78 bits per heavy atom. The van der Waals surface area contributed by atoms with Gasteiger partial charge in [-0.1, -0.05) is 26.2 Å². The minimum absolute atomic E-state index is 0.0326. The van der Waals surface area contributed by atoms with E-state index in [0.29, 0.717) is 29.3 Å². The molecule has 1 aromatic rings. The van der Waals surface area contributed by atoms with Crippen LogP contribution in [-0.4, -0.2) is 40.2 Å². The standard InChI is InChI=1S/C16H15Br4N3O4/c1-2-3-4-5-6-22(16(27)13(21)24)23-14(25)7-8(15(23)26)10(18)12(20)11(19)9(7)17/h2-6H2,1H3,(H2,21,24). The molecular weight excluding hydrogens is 618 g/mol. The van der Waals surface area contributed by atoms with E-state index in [0.717, 1.165) is 24.3 Å². The van der Waals surface area contributed by atoms with Gasteiger partial charge >= 0.3 is 11.8 Å². The zero-order valence-corrected chi connectivity index (χ0v) is 20.5. The fourth-order valence-corrected chi connectivity index (χ4v) is 5.12. The molecule has 1 aliphatic rings. The highest BCUT2D eigenvalue weighted by Crippen LogP contribution is 2.45. The lowest BCUT2D eigenvalue weighted by molar-refractivity contribution is -0.151. The SMILES string of the molecule is CCCCCCN(C(=O)C(N)=O)N1C(=O)c2c(Br)c(Br)c(Br)c(Br)c2C1=O. The van der Waals surface area contributed by atoms with Crippen LogP contribution in [-0.2, 0) is 9.59 Å². The number of halogens is 4. The van der Waals surface area contributed by atoms with E-state index in [1.807, 2.05) is 6.92 Å². The molecule has 1 aliphatic heterocycles. The Labute approximate surface area is 189 Å². The zero-order chi connectivity index (χ0) is 20.5. The van der Waals surface area contributed by atoms with Gasteiger partial charge in [0.25, 0.3) is 11.8 Å². The third-order valence-corrected chi connectivity index (χ3v) is 8.76. The van der Waals surface area contributed by atoms with E-state index >= 15 is 0 Å². The quantitative estimate of drug-likeness (QED) is 0.168. The lowest BCUT2D eigenvalue weighted by Gasteiger charge is -2.28. The van der Waals surface area contributed by atoms with Gasteiger partial charge in [0.2, 0.25) is 0 Å². The predicted octanol–water partition coefficient (Wildman–Crippen LogP) is 4.14. The molecule has 2 rings (SSSR count). The van der Waals surface area contributed by atoms with Crippen LogP contribution in [0.5, 0.6) is 0 Å². The lowest BCUT2D eigenvalue weighted by atomic mass is 10.1. The van der Waals surface area contributed by atoms with E-state index in [1.54, 1.807) is 0 Å². The largest absolute Gasteiger partial charge is 0.361 e. The first-order chi connectivity index (χ1) is 12.6. The van der Waals surface area contributed by atoms with Crippen molar-refractivity contribution < 1.29 is 19.2 Å². The summed E-state index contributed by atoms with van der Waals surface area (Å²) in [7, 11) is 0. The third kappa shape index (κ3) is 4.15. The molecule has 0 fully saturated rings. The monoisotopic (exact) mass is 629 g/mol. The molecule has 0 bridgehead atoms. The molecule has 7 nitrogen and oxygen atoms in total. The predicted molar refractivity (Wildman–Crippen MR) is 113 cm³/mol. The van der Waals surface area contributed by atoms with Crippen LogP contribution in [0.15, 0.2) is 17.9 Å². The van der Waals surface area contributed by atoms with E-state index in [9.17, 15) is 19.2 Å². The molecule has 2 N–H and O–H groups in total. The summed E-state index contributed by atoms with van der Waals surface area (Å²) in [5, 5.41) is 1.53. The molecule has 0 saturated carbocycles. The first-order valence-electron chi connectivity index (χ1n) is 8.01. The van der Waals surface area contributed by atoms with Gasteiger partial charge in [-0.2, -0.15) is 5.01 Å². The number of carbonyl (C=O) groups is 4. The van der Waals surface area contributed by atoms with Crippen molar-refractivity contribution in [2.24, 2.45) is 5.73 Å². The Morgan fingerprint density at radius 2 is 1.37 bits per heavy atom. The average Bonchev–Trinajstić information content (AvgIpc) is 2.88. The second-order valence-corrected chi connectivity index (χ2v) is 8.95. The van der Waals surface area contributed by atoms with E-state index in [4.69, 9.17) is 5.73 Å². The summed E-state index contributed by atoms with van der Waals surface area (Å²) in [6.07, 6.45) is 3.21. The van der Waals surface area contributed by atoms with Crippen LogP contribution in [0, 0.1) is 0 Å². The van der Waals surface area contributed by atoms with Gasteiger partial charge in [-0.15, -0.1) is 0 Å². The number of fused-ring (bicyclic) bond motifs is 1. The molecule has 1 heterocycles. The molecule has 0 saturated heterocycles. The minimum atomic E-state index is -1.23. The highest BCUT2D eigenvalue weighted by atomic mass is 79.9. The van der Waals surface area contributed by atoms with Gasteiger partial charge < -0.3 is 5.73 Å². The van der Waals surface area contributed by atoms with E-state index in [-0.39, 0.29) is 17.7 Å². The Hall–Kier alpha value is -0.780. The number of hydrogen-bond acceptors (Lipinski definition) is 4. The number of unbranched alkanes of at least 4 members (excludes halogenated alkanes) is 3. The number of hydrogen-bond donors (Lipinski definition) is 1. The van der Waals surface area contributed by atoms with E-state index in [2.05, 4.69) is 63.7 Å². The summed E-state index contributed by atoms with van der Waals surface area (Å²) in [6.45, 7) is 2.06. The molecule has 0 atom stereocenters. The van der Waals surface area contributed by atoms with Crippen LogP contribution in [0.25, 0.3) is 0 Å². The van der Waals surface area contributed by atoms with Crippen molar-refractivity contribution in [2.75, 3.05) is 6.54 Å². The fraction of sp³-hybridized carbons (Fsp3) is 0.375. The maximum absolute atomic E-state index is 13.0. The van der Waals surface area contributed by atoms with Crippen molar-refractivity contribution in [2.45, 2.75) is 32.6 Å². The summed E-state index contributed by atoms with van der Waals surface area (Å²) in [4.78, 5) is 49.7. The van der Waals surface area contributed by atoms with Gasteiger partial charge in [0.1, 0.15) is 0 Å². The number of benzene rings is 1. The van der Waals surface area contributed by atoms with Crippen molar-refractivity contribution in [1.82, 2.24) is 10.0 Å². The van der Waals surface area contributed by atoms with Gasteiger partial charge in [-0.25, -0.2) is 5.01 Å². The molecule has 0 aromatic heterocycles. The molecule has 11 heteroatoms. The number of hydrazine groups is 1. The zero-order valence-electron chi connectivity index (χ0n) is 14.2. The van der Waals surface area contributed by atoms with Gasteiger partial charge in [-0.05, 0) is 70.1 Å². The van der Waals surface area contributed by atoms with Crippen LogP contribution < -0.4 is 5.73 Å². The van der Waals surface area contributed by atoms with E-state index < -0.39 is 23.6 Å². The molecule has 1 aromatic carbocycles. The molecule has 0 spiro atoms. The molecule has 0 radical (unpaired) electrons. The maximum Gasteiger partial charge on any atom is 0.330 e. The average molecular weight is 633 g/mol. The van der Waals surface area contributed by atoms with Crippen LogP contribution >= 0.6 is 63.7 Å². The van der Waals surface area contributed by atoms with Crippen molar-refractivity contribution in [1.29, 1.82) is 0 Å². The molecule has 4 amide bonds. The highest BCUT2D eigenvalue weighted by Gasteiger charge is 2.46. The molecule has 0 unspecified atom stereocenters. The summed E-state index contributed by atoms with van der Waals surface area (Å²) in [5.41, 5.74) is 5.32. The van der Waals surface area contributed by atoms with Crippen molar-refractivity contribution in [3.05, 3.63) is 29.0 Å². The van der Waals surface area contributed by atoms with Crippen LogP contribution in [0.3, 0.4) is 0 Å². The maximum atomic E-state index is 13.0. The molecule has 27 heavy (non-hydrogen) atoms. The number of primary amides is 1. The Bertz CT molecular complexity index is 797. The number of rotatable bonds is 6. The van der Waals surface area contributed by atoms with Gasteiger partial charge in [-0.3, -0.25) is 19.2 Å². The molecular formula is C16H15Br4N3O4. The summed E-state index contributed by atoms with van der Waals surface area (Å²) in [5.74, 6) is -3.75. The first-order valence-corrected chi connectivity index (χ1v) is 11.2. The van der Waals surface area contributed by atoms with Gasteiger partial charge in [0, 0.05) is 24.4 Å². The van der Waals surface area contributed by atoms with Crippen molar-refractivity contribution in [3.8, 4) is 0 Å². The first kappa shape index (κ1) is 22.5. The van der Waals surface area contributed by atoms with Crippen LogP contribution in [0.4, 0.5) is 0 Å². The fourth-order valence-electron chi connectivity index (χ4n) is 2.66. The highest BCUT2D eigenvalue weighted by molar-refractivity contribution is 9.15. The third-order valence-electron chi connectivity index (χ3n) is 3.99. The van der Waals surface area contributed by atoms with E-state index in [1.165, 1.54) is 0 Å². The van der Waals surface area contributed by atoms with Crippen LogP contribution in [0.2, 0.25) is 0 Å². The summed E-state index contributed by atoms with van der Waals surface area (Å²) in [6, 6.07) is 0. The lowest BCUT2D eigenvalue weighted by Crippen LogP contribution is -2.53. The summed E-state index contributed by atoms with van der Waals surface area (Å²) >= 11 is 13.3. The summed E-state index contributed by atoms with van der Waals surface area (Å²) < 4.78 is 1.80. The smallest absolute Gasteiger partial charge is 0.330 e. The normalized spacial score (nSPS) is 13.1. The van der Waals surface area contributed by atoms with Gasteiger partial charge in [0.15, 0.2) is 0 Å². The Balaban J connectivity index is 2.49. The molecule has 146 valence electrons. The Kier molecular flexibility index (Phi) is 7.62. The number of nitrogens with zero attached hydrogens (tertiary/aromatic N) is 2. The second-order valence-electron chi connectivity index (χ2n) is 5.78. The topological polar surface area (TPSA) is 101 Å². The second kappa shape index (κ2) is 9.15. The number of imide groups is 1. The Morgan fingerprint density at radius 1 is 0.889 bits per heavy atom. The van der Waals surface area contributed by atoms with Crippen molar-refractivity contribution >= 4 is 87.3 Å². The van der Waals surface area contributed by atoms with Crippen LogP contribution in [0.1, 0.15) is 53.3 Å².